The van der Waals surface area contributed by atoms with E-state index in [2.05, 4.69) is 34.6 Å². The van der Waals surface area contributed by atoms with Crippen molar-refractivity contribution in [3.63, 3.8) is 0 Å². The summed E-state index contributed by atoms with van der Waals surface area (Å²) in [5, 5.41) is 2.67. The van der Waals surface area contributed by atoms with Crippen molar-refractivity contribution in [2.45, 2.75) is 49.5 Å². The highest BCUT2D eigenvalue weighted by atomic mass is 35.5. The number of likely N-dealkylation sites (tertiary alicyclic amines) is 1. The lowest BCUT2D eigenvalue weighted by Crippen LogP contribution is -2.57. The molecule has 1 aromatic heterocycles. The van der Waals surface area contributed by atoms with Crippen LogP contribution in [0.15, 0.2) is 35.7 Å². The number of anilines is 1. The first-order valence-electron chi connectivity index (χ1n) is 9.39. The Morgan fingerprint density at radius 3 is 2.18 bits per heavy atom. The number of carbonyl (C=O) groups excluding carboxylic acids is 1. The second-order valence-corrected chi connectivity index (χ2v) is 8.56. The number of amides is 1. The van der Waals surface area contributed by atoms with Gasteiger partial charge in [-0.25, -0.2) is 4.98 Å². The number of nitrogen functional groups attached to an aromatic ring is 1. The van der Waals surface area contributed by atoms with Crippen LogP contribution in [0.3, 0.4) is 0 Å². The molecule has 1 amide bonds. The van der Waals surface area contributed by atoms with E-state index < -0.39 is 5.54 Å². The number of hydrogen-bond donors (Lipinski definition) is 2. The molecule has 1 saturated heterocycles. The molecule has 1 aliphatic heterocycles. The van der Waals surface area contributed by atoms with Crippen LogP contribution in [-0.4, -0.2) is 34.4 Å². The Morgan fingerprint density at radius 2 is 1.64 bits per heavy atom. The lowest BCUT2D eigenvalue weighted by atomic mass is 9.70. The Labute approximate surface area is 182 Å². The number of piperidine rings is 1. The quantitative estimate of drug-likeness (QED) is 0.757. The summed E-state index contributed by atoms with van der Waals surface area (Å²) in [7, 11) is 0. The third-order valence-corrected chi connectivity index (χ3v) is 6.84. The minimum absolute atomic E-state index is 0. The lowest BCUT2D eigenvalue weighted by Gasteiger charge is -2.43. The Balaban J connectivity index is 0.00000140. The Hall–Kier alpha value is -1.34. The van der Waals surface area contributed by atoms with Crippen molar-refractivity contribution < 1.29 is 4.79 Å². The Morgan fingerprint density at radius 1 is 1.04 bits per heavy atom. The van der Waals surface area contributed by atoms with Gasteiger partial charge in [-0.15, -0.1) is 36.2 Å². The van der Waals surface area contributed by atoms with Crippen LogP contribution < -0.4 is 11.5 Å². The van der Waals surface area contributed by atoms with Crippen LogP contribution in [0.2, 0.25) is 0 Å². The van der Waals surface area contributed by atoms with Crippen molar-refractivity contribution in [3.05, 3.63) is 47.0 Å². The fourth-order valence-electron chi connectivity index (χ4n) is 4.58. The van der Waals surface area contributed by atoms with Crippen LogP contribution in [0.25, 0.3) is 0 Å². The highest BCUT2D eigenvalue weighted by Crippen LogP contribution is 2.43. The molecule has 1 aliphatic carbocycles. The molecule has 2 fully saturated rings. The second kappa shape index (κ2) is 8.99. The van der Waals surface area contributed by atoms with Crippen LogP contribution >= 0.6 is 36.2 Å². The van der Waals surface area contributed by atoms with Crippen molar-refractivity contribution in [2.24, 2.45) is 5.73 Å². The van der Waals surface area contributed by atoms with Crippen LogP contribution in [0, 0.1) is 0 Å². The topological polar surface area (TPSA) is 85.2 Å². The number of nitrogens with zero attached hydrogens (tertiary/aromatic N) is 2. The van der Waals surface area contributed by atoms with E-state index in [1.807, 2.05) is 11.0 Å². The van der Waals surface area contributed by atoms with E-state index in [9.17, 15) is 4.79 Å². The monoisotopic (exact) mass is 442 g/mol. The van der Waals surface area contributed by atoms with Gasteiger partial charge in [-0.2, -0.15) is 0 Å². The third-order valence-electron chi connectivity index (χ3n) is 6.16. The van der Waals surface area contributed by atoms with Crippen LogP contribution in [-0.2, 0) is 10.2 Å². The smallest absolute Gasteiger partial charge is 0.242 e. The van der Waals surface area contributed by atoms with Gasteiger partial charge in [0.1, 0.15) is 0 Å². The molecule has 8 heteroatoms. The minimum atomic E-state index is -0.641. The average Bonchev–Trinajstić information content (AvgIpc) is 3.31. The molecule has 4 rings (SSSR count). The van der Waals surface area contributed by atoms with Gasteiger partial charge in [0.15, 0.2) is 5.13 Å². The van der Waals surface area contributed by atoms with Gasteiger partial charge in [0.2, 0.25) is 5.91 Å². The fourth-order valence-corrected chi connectivity index (χ4v) is 5.25. The van der Waals surface area contributed by atoms with Gasteiger partial charge in [-0.1, -0.05) is 43.2 Å². The van der Waals surface area contributed by atoms with E-state index >= 15 is 0 Å². The normalized spacial score (nSPS) is 20.1. The molecule has 4 N–H and O–H groups in total. The van der Waals surface area contributed by atoms with Gasteiger partial charge in [0.05, 0.1) is 11.2 Å². The summed E-state index contributed by atoms with van der Waals surface area (Å²) in [6, 6.07) is 10.5. The van der Waals surface area contributed by atoms with Gasteiger partial charge >= 0.3 is 0 Å². The largest absolute Gasteiger partial charge is 0.375 e. The first-order valence-corrected chi connectivity index (χ1v) is 10.3. The van der Waals surface area contributed by atoms with Crippen molar-refractivity contribution in [1.29, 1.82) is 0 Å². The number of aromatic nitrogens is 1. The summed E-state index contributed by atoms with van der Waals surface area (Å²) in [6.45, 7) is 1.42. The predicted octanol–water partition coefficient (Wildman–Crippen LogP) is 3.75. The van der Waals surface area contributed by atoms with Crippen molar-refractivity contribution in [2.75, 3.05) is 18.8 Å². The molecule has 0 bridgehead atoms. The molecule has 1 aromatic carbocycles. The van der Waals surface area contributed by atoms with Gasteiger partial charge in [-0.3, -0.25) is 4.79 Å². The van der Waals surface area contributed by atoms with E-state index in [1.165, 1.54) is 16.9 Å². The third kappa shape index (κ3) is 4.01. The van der Waals surface area contributed by atoms with E-state index in [4.69, 9.17) is 11.5 Å². The molecule has 1 saturated carbocycles. The Bertz CT molecular complexity index is 785. The zero-order valence-electron chi connectivity index (χ0n) is 15.8. The highest BCUT2D eigenvalue weighted by Gasteiger charge is 2.45. The first kappa shape index (κ1) is 22.9. The molecule has 2 aromatic rings. The molecular formula is C20H28Cl2N4OS. The number of rotatable bonds is 3. The van der Waals surface area contributed by atoms with Crippen molar-refractivity contribution in [3.8, 4) is 0 Å². The molecule has 28 heavy (non-hydrogen) atoms. The van der Waals surface area contributed by atoms with Gasteiger partial charge < -0.3 is 16.4 Å². The van der Waals surface area contributed by atoms with E-state index in [0.29, 0.717) is 18.2 Å². The number of benzene rings is 1. The molecule has 2 heterocycles. The molecule has 2 aliphatic rings. The summed E-state index contributed by atoms with van der Waals surface area (Å²) in [6.07, 6.45) is 5.44. The maximum atomic E-state index is 13.0. The summed E-state index contributed by atoms with van der Waals surface area (Å²) in [5.41, 5.74) is 13.8. The van der Waals surface area contributed by atoms with Crippen molar-refractivity contribution in [1.82, 2.24) is 9.88 Å². The van der Waals surface area contributed by atoms with Crippen LogP contribution in [0.4, 0.5) is 5.13 Å². The molecule has 5 nitrogen and oxygen atoms in total. The van der Waals surface area contributed by atoms with Crippen molar-refractivity contribution >= 4 is 47.2 Å². The first-order chi connectivity index (χ1) is 12.5. The molecule has 0 atom stereocenters. The van der Waals surface area contributed by atoms with Crippen LogP contribution in [0.1, 0.15) is 49.8 Å². The second-order valence-electron chi connectivity index (χ2n) is 7.67. The van der Waals surface area contributed by atoms with E-state index in [-0.39, 0.29) is 36.1 Å². The number of halogens is 2. The SMILES string of the molecule is Cl.Cl.Nc1nc(C2(c3ccccc3)CCN(C(=O)C3(N)CCCC3)CC2)cs1. The summed E-state index contributed by atoms with van der Waals surface area (Å²) in [4.78, 5) is 19.6. The maximum Gasteiger partial charge on any atom is 0.242 e. The zero-order valence-corrected chi connectivity index (χ0v) is 18.3. The van der Waals surface area contributed by atoms with Gasteiger partial charge in [-0.05, 0) is 31.2 Å². The summed E-state index contributed by atoms with van der Waals surface area (Å²) >= 11 is 1.48. The summed E-state index contributed by atoms with van der Waals surface area (Å²) in [5.74, 6) is 0.134. The summed E-state index contributed by atoms with van der Waals surface area (Å²) < 4.78 is 0. The lowest BCUT2D eigenvalue weighted by molar-refractivity contribution is -0.138. The van der Waals surface area contributed by atoms with Gasteiger partial charge in [0.25, 0.3) is 0 Å². The average molecular weight is 443 g/mol. The minimum Gasteiger partial charge on any atom is -0.375 e. The molecule has 0 unspecified atom stereocenters. The van der Waals surface area contributed by atoms with Crippen LogP contribution in [0.5, 0.6) is 0 Å². The van der Waals surface area contributed by atoms with Gasteiger partial charge in [0, 0.05) is 23.9 Å². The standard InChI is InChI=1S/C20H26N4OS.2ClH/c21-18-23-16(14-26-18)19(15-6-2-1-3-7-15)10-12-24(13-11-19)17(25)20(22)8-4-5-9-20;;/h1-3,6-7,14H,4-5,8-13,22H2,(H2,21,23);2*1H. The zero-order chi connectivity index (χ0) is 18.2. The predicted molar refractivity (Wildman–Crippen MR) is 119 cm³/mol. The molecular weight excluding hydrogens is 415 g/mol. The molecule has 154 valence electrons. The number of nitrogens with two attached hydrogens (primary N) is 2. The number of thiazole rings is 1. The van der Waals surface area contributed by atoms with E-state index in [1.54, 1.807) is 0 Å². The maximum absolute atomic E-state index is 13.0. The highest BCUT2D eigenvalue weighted by molar-refractivity contribution is 7.13. The molecule has 0 spiro atoms. The Kier molecular flexibility index (Phi) is 7.37. The van der Waals surface area contributed by atoms with E-state index in [0.717, 1.165) is 44.2 Å². The molecule has 0 radical (unpaired) electrons. The number of carbonyl (C=O) groups is 1. The fraction of sp³-hybridized carbons (Fsp3) is 0.500. The number of hydrogen-bond acceptors (Lipinski definition) is 5.